The lowest BCUT2D eigenvalue weighted by Gasteiger charge is -2.32. The number of likely N-dealkylation sites (N-methyl/N-ethyl adjacent to an activating group) is 1. The van der Waals surface area contributed by atoms with Crippen LogP contribution in [0.4, 0.5) is 4.39 Å². The van der Waals surface area contributed by atoms with E-state index in [0.717, 1.165) is 29.9 Å². The minimum absolute atomic E-state index is 0.00563. The fourth-order valence-corrected chi connectivity index (χ4v) is 3.85. The predicted octanol–water partition coefficient (Wildman–Crippen LogP) is 3.29. The van der Waals surface area contributed by atoms with Gasteiger partial charge in [0, 0.05) is 37.9 Å². The van der Waals surface area contributed by atoms with Gasteiger partial charge in [-0.1, -0.05) is 13.8 Å². The number of hydrogen-bond donors (Lipinski definition) is 0. The summed E-state index contributed by atoms with van der Waals surface area (Å²) in [7, 11) is 2.06. The molecule has 0 N–H and O–H groups in total. The van der Waals surface area contributed by atoms with Gasteiger partial charge in [0.15, 0.2) is 0 Å². The van der Waals surface area contributed by atoms with Gasteiger partial charge in [0.1, 0.15) is 5.82 Å². The Hall–Kier alpha value is -3.13. The van der Waals surface area contributed by atoms with Crippen molar-refractivity contribution in [3.8, 4) is 17.2 Å². The maximum absolute atomic E-state index is 13.4. The highest BCUT2D eigenvalue weighted by atomic mass is 19.1. The zero-order valence-corrected chi connectivity index (χ0v) is 18.3. The molecule has 4 rings (SSSR count). The SMILES string of the molecule is Cc1cnc(-n2ncc(C(=O)N3CCN(C)CC3)c2C(C)C)nc1-c1ccc(F)cc1. The van der Waals surface area contributed by atoms with Gasteiger partial charge in [-0.15, -0.1) is 0 Å². The zero-order valence-electron chi connectivity index (χ0n) is 18.3. The molecule has 7 nitrogen and oxygen atoms in total. The largest absolute Gasteiger partial charge is 0.336 e. The third kappa shape index (κ3) is 4.20. The average Bonchev–Trinajstić information content (AvgIpc) is 3.20. The quantitative estimate of drug-likeness (QED) is 0.646. The molecular formula is C23H27FN6O. The van der Waals surface area contributed by atoms with Crippen molar-refractivity contribution in [2.75, 3.05) is 33.2 Å². The summed E-state index contributed by atoms with van der Waals surface area (Å²) in [5.41, 5.74) is 3.77. The molecule has 2 aromatic heterocycles. The molecule has 162 valence electrons. The van der Waals surface area contributed by atoms with Gasteiger partial charge >= 0.3 is 0 Å². The summed E-state index contributed by atoms with van der Waals surface area (Å²) in [6, 6.07) is 6.22. The number of carbonyl (C=O) groups excluding carboxylic acids is 1. The Labute approximate surface area is 181 Å². The van der Waals surface area contributed by atoms with Crippen molar-refractivity contribution >= 4 is 5.91 Å². The lowest BCUT2D eigenvalue weighted by molar-refractivity contribution is 0.0662. The lowest BCUT2D eigenvalue weighted by atomic mass is 10.0. The number of hydrogen-bond acceptors (Lipinski definition) is 5. The van der Waals surface area contributed by atoms with Crippen LogP contribution in [0.25, 0.3) is 17.2 Å². The van der Waals surface area contributed by atoms with Gasteiger partial charge in [-0.25, -0.2) is 19.0 Å². The van der Waals surface area contributed by atoms with Crippen LogP contribution >= 0.6 is 0 Å². The normalized spacial score (nSPS) is 15.0. The maximum atomic E-state index is 13.4. The second kappa shape index (κ2) is 8.55. The third-order valence-electron chi connectivity index (χ3n) is 5.64. The Morgan fingerprint density at radius 3 is 2.39 bits per heavy atom. The van der Waals surface area contributed by atoms with E-state index in [2.05, 4.69) is 22.0 Å². The molecule has 8 heteroatoms. The molecule has 3 heterocycles. The highest BCUT2D eigenvalue weighted by Gasteiger charge is 2.27. The zero-order chi connectivity index (χ0) is 22.1. The predicted molar refractivity (Wildman–Crippen MR) is 117 cm³/mol. The number of halogens is 1. The van der Waals surface area contributed by atoms with Gasteiger partial charge in [0.2, 0.25) is 0 Å². The Balaban J connectivity index is 1.73. The standard InChI is InChI=1S/C23H27FN6O/c1-15(2)21-19(22(31)29-11-9-28(4)10-12-29)14-26-30(21)23-25-13-16(3)20(27-23)17-5-7-18(24)8-6-17/h5-8,13-15H,9-12H2,1-4H3. The summed E-state index contributed by atoms with van der Waals surface area (Å²) in [6.07, 6.45) is 3.35. The summed E-state index contributed by atoms with van der Waals surface area (Å²) in [5.74, 6) is 0.143. The van der Waals surface area contributed by atoms with Crippen molar-refractivity contribution in [2.24, 2.45) is 0 Å². The van der Waals surface area contributed by atoms with E-state index in [0.29, 0.717) is 30.3 Å². The summed E-state index contributed by atoms with van der Waals surface area (Å²) in [6.45, 7) is 9.10. The number of benzene rings is 1. The number of aromatic nitrogens is 4. The molecule has 0 saturated carbocycles. The highest BCUT2D eigenvalue weighted by molar-refractivity contribution is 5.95. The third-order valence-corrected chi connectivity index (χ3v) is 5.64. The maximum Gasteiger partial charge on any atom is 0.257 e. The minimum atomic E-state index is -0.295. The van der Waals surface area contributed by atoms with Crippen molar-refractivity contribution in [1.29, 1.82) is 0 Å². The van der Waals surface area contributed by atoms with E-state index in [-0.39, 0.29) is 17.6 Å². The van der Waals surface area contributed by atoms with E-state index >= 15 is 0 Å². The average molecular weight is 423 g/mol. The van der Waals surface area contributed by atoms with Crippen LogP contribution in [0.5, 0.6) is 0 Å². The number of rotatable bonds is 4. The molecule has 3 aromatic rings. The van der Waals surface area contributed by atoms with Crippen LogP contribution in [0.15, 0.2) is 36.7 Å². The van der Waals surface area contributed by atoms with Gasteiger partial charge in [0.25, 0.3) is 11.9 Å². The van der Waals surface area contributed by atoms with Crippen LogP contribution in [0.1, 0.15) is 41.4 Å². The number of piperazine rings is 1. The Morgan fingerprint density at radius 2 is 1.74 bits per heavy atom. The van der Waals surface area contributed by atoms with Crippen molar-refractivity contribution in [1.82, 2.24) is 29.5 Å². The molecular weight excluding hydrogens is 395 g/mol. The summed E-state index contributed by atoms with van der Waals surface area (Å²) in [5, 5.41) is 4.49. The number of amides is 1. The molecule has 1 saturated heterocycles. The van der Waals surface area contributed by atoms with Crippen molar-refractivity contribution in [3.63, 3.8) is 0 Å². The molecule has 0 atom stereocenters. The smallest absolute Gasteiger partial charge is 0.257 e. The fraction of sp³-hybridized carbons (Fsp3) is 0.391. The molecule has 1 aromatic carbocycles. The van der Waals surface area contributed by atoms with Gasteiger partial charge < -0.3 is 9.80 Å². The van der Waals surface area contributed by atoms with Crippen LogP contribution in [0.2, 0.25) is 0 Å². The molecule has 0 bridgehead atoms. The topological polar surface area (TPSA) is 67.2 Å². The van der Waals surface area contributed by atoms with Crippen LogP contribution in [0, 0.1) is 12.7 Å². The number of aryl methyl sites for hydroxylation is 1. The van der Waals surface area contributed by atoms with Crippen molar-refractivity contribution in [3.05, 3.63) is 59.3 Å². The molecule has 1 aliphatic rings. The number of carbonyl (C=O) groups is 1. The molecule has 0 spiro atoms. The molecule has 1 aliphatic heterocycles. The Bertz CT molecular complexity index is 1080. The minimum Gasteiger partial charge on any atom is -0.336 e. The summed E-state index contributed by atoms with van der Waals surface area (Å²) < 4.78 is 15.0. The highest BCUT2D eigenvalue weighted by Crippen LogP contribution is 2.26. The molecule has 1 fully saturated rings. The van der Waals surface area contributed by atoms with Crippen molar-refractivity contribution in [2.45, 2.75) is 26.7 Å². The van der Waals surface area contributed by atoms with Crippen LogP contribution in [-0.2, 0) is 0 Å². The van der Waals surface area contributed by atoms with E-state index in [1.165, 1.54) is 12.1 Å². The lowest BCUT2D eigenvalue weighted by Crippen LogP contribution is -2.47. The second-order valence-electron chi connectivity index (χ2n) is 8.31. The monoisotopic (exact) mass is 422 g/mol. The summed E-state index contributed by atoms with van der Waals surface area (Å²) in [4.78, 5) is 26.5. The Morgan fingerprint density at radius 1 is 1.06 bits per heavy atom. The van der Waals surface area contributed by atoms with Gasteiger partial charge in [0.05, 0.1) is 23.1 Å². The first kappa shape index (κ1) is 21.1. The van der Waals surface area contributed by atoms with E-state index in [4.69, 9.17) is 4.98 Å². The first-order valence-corrected chi connectivity index (χ1v) is 10.5. The summed E-state index contributed by atoms with van der Waals surface area (Å²) >= 11 is 0. The van der Waals surface area contributed by atoms with Gasteiger partial charge in [-0.3, -0.25) is 4.79 Å². The Kier molecular flexibility index (Phi) is 5.82. The molecule has 0 unspecified atom stereocenters. The van der Waals surface area contributed by atoms with Crippen molar-refractivity contribution < 1.29 is 9.18 Å². The molecule has 0 aliphatic carbocycles. The molecule has 1 amide bonds. The van der Waals surface area contributed by atoms with E-state index in [9.17, 15) is 9.18 Å². The fourth-order valence-electron chi connectivity index (χ4n) is 3.85. The van der Waals surface area contributed by atoms with Gasteiger partial charge in [-0.05, 0) is 49.7 Å². The van der Waals surface area contributed by atoms with Gasteiger partial charge in [-0.2, -0.15) is 5.10 Å². The van der Waals surface area contributed by atoms with E-state index in [1.54, 1.807) is 29.2 Å². The first-order valence-electron chi connectivity index (χ1n) is 10.5. The first-order chi connectivity index (χ1) is 14.8. The van der Waals surface area contributed by atoms with Crippen LogP contribution < -0.4 is 0 Å². The van der Waals surface area contributed by atoms with E-state index < -0.39 is 0 Å². The molecule has 31 heavy (non-hydrogen) atoms. The number of nitrogens with zero attached hydrogens (tertiary/aromatic N) is 6. The van der Waals surface area contributed by atoms with Crippen LogP contribution in [0.3, 0.4) is 0 Å². The van der Waals surface area contributed by atoms with E-state index in [1.807, 2.05) is 25.7 Å². The molecule has 0 radical (unpaired) electrons. The second-order valence-corrected chi connectivity index (χ2v) is 8.31. The van der Waals surface area contributed by atoms with Crippen LogP contribution in [-0.4, -0.2) is 68.7 Å².